The molecule has 1 heterocycles. The van der Waals surface area contributed by atoms with Crippen molar-refractivity contribution >= 4 is 29.2 Å². The predicted octanol–water partition coefficient (Wildman–Crippen LogP) is -2.34. The van der Waals surface area contributed by atoms with Crippen molar-refractivity contribution in [2.75, 3.05) is 0 Å². The molecule has 0 saturated heterocycles. The number of hydrogen-bond acceptors (Lipinski definition) is 2. The molecule has 0 atom stereocenters. The summed E-state index contributed by atoms with van der Waals surface area (Å²) in [4.78, 5) is 0. The van der Waals surface area contributed by atoms with Gasteiger partial charge in [-0.05, 0) is 0 Å². The molecule has 0 aliphatic heterocycles. The number of thiocarbonyl (C=S) groups is 1. The number of hydrogen-bond donors (Lipinski definition) is 0. The number of rotatable bonds is 0. The molecule has 0 aromatic carbocycles. The van der Waals surface area contributed by atoms with E-state index in [1.165, 1.54) is 0 Å². The minimum absolute atomic E-state index is 0. The van der Waals surface area contributed by atoms with Gasteiger partial charge in [0.15, 0.2) is 12.4 Å². The SMILES string of the molecule is S=C([S-])[n+]1ccccc1.[K+]. The Kier molecular flexibility index (Phi) is 6.34. The Morgan fingerprint density at radius 2 is 1.70 bits per heavy atom. The van der Waals surface area contributed by atoms with Gasteiger partial charge in [0, 0.05) is 12.1 Å². The van der Waals surface area contributed by atoms with Gasteiger partial charge in [0.2, 0.25) is 0 Å². The predicted molar refractivity (Wildman–Crippen MR) is 42.0 cm³/mol. The van der Waals surface area contributed by atoms with Crippen LogP contribution in [0.15, 0.2) is 30.6 Å². The standard InChI is InChI=1S/C6H5NS2.K/c8-6(9)7-4-2-1-3-5-7;/h1-5H;/q;+1. The summed E-state index contributed by atoms with van der Waals surface area (Å²) in [6.07, 6.45) is 3.66. The zero-order valence-electron chi connectivity index (χ0n) is 5.65. The second-order valence-corrected chi connectivity index (χ2v) is 2.58. The number of aromatic nitrogens is 1. The molecular weight excluding hydrogens is 189 g/mol. The molecule has 10 heavy (non-hydrogen) atoms. The maximum atomic E-state index is 4.74. The van der Waals surface area contributed by atoms with Gasteiger partial charge in [0.05, 0.1) is 0 Å². The van der Waals surface area contributed by atoms with E-state index >= 15 is 0 Å². The molecule has 1 aromatic heterocycles. The maximum Gasteiger partial charge on any atom is 1.00 e. The Labute approximate surface area is 114 Å². The van der Waals surface area contributed by atoms with Crippen LogP contribution in [0, 0.1) is 0 Å². The summed E-state index contributed by atoms with van der Waals surface area (Å²) >= 11 is 9.48. The fraction of sp³-hybridized carbons (Fsp3) is 0. The third-order valence-corrected chi connectivity index (χ3v) is 1.35. The molecule has 0 radical (unpaired) electrons. The zero-order valence-corrected chi connectivity index (χ0v) is 10.4. The number of pyridine rings is 1. The van der Waals surface area contributed by atoms with Crippen LogP contribution in [0.2, 0.25) is 0 Å². The van der Waals surface area contributed by atoms with E-state index in [0.29, 0.717) is 4.32 Å². The van der Waals surface area contributed by atoms with Crippen LogP contribution in [-0.4, -0.2) is 4.32 Å². The summed E-state index contributed by atoms with van der Waals surface area (Å²) in [5, 5.41) is 0. The molecular formula is C6H5KNS2+. The van der Waals surface area contributed by atoms with Crippen LogP contribution in [0.4, 0.5) is 0 Å². The van der Waals surface area contributed by atoms with Crippen molar-refractivity contribution in [2.24, 2.45) is 0 Å². The normalized spacial score (nSPS) is 8.00. The van der Waals surface area contributed by atoms with E-state index < -0.39 is 0 Å². The summed E-state index contributed by atoms with van der Waals surface area (Å²) in [6.45, 7) is 0. The summed E-state index contributed by atoms with van der Waals surface area (Å²) in [6, 6.07) is 5.70. The number of nitrogens with zero attached hydrogens (tertiary/aromatic N) is 1. The summed E-state index contributed by atoms with van der Waals surface area (Å²) < 4.78 is 2.17. The first-order valence-electron chi connectivity index (χ1n) is 2.48. The van der Waals surface area contributed by atoms with E-state index in [1.54, 1.807) is 4.57 Å². The van der Waals surface area contributed by atoms with Crippen LogP contribution in [0.25, 0.3) is 0 Å². The summed E-state index contributed by atoms with van der Waals surface area (Å²) in [5.41, 5.74) is 0. The van der Waals surface area contributed by atoms with E-state index in [1.807, 2.05) is 30.6 Å². The van der Waals surface area contributed by atoms with Crippen molar-refractivity contribution < 1.29 is 56.0 Å². The second kappa shape index (κ2) is 5.71. The molecule has 0 aliphatic carbocycles. The van der Waals surface area contributed by atoms with Crippen LogP contribution in [0.1, 0.15) is 0 Å². The molecule has 0 amide bonds. The molecule has 1 rings (SSSR count). The monoisotopic (exact) mass is 194 g/mol. The average molecular weight is 194 g/mol. The molecule has 0 N–H and O–H groups in total. The summed E-state index contributed by atoms with van der Waals surface area (Å²) in [5.74, 6) is 0. The topological polar surface area (TPSA) is 3.88 Å². The molecule has 0 spiro atoms. The van der Waals surface area contributed by atoms with E-state index in [4.69, 9.17) is 24.8 Å². The van der Waals surface area contributed by atoms with Crippen molar-refractivity contribution in [3.63, 3.8) is 0 Å². The molecule has 46 valence electrons. The Bertz CT molecular complexity index is 212. The molecule has 1 nitrogen and oxygen atoms in total. The molecule has 1 aromatic rings. The van der Waals surface area contributed by atoms with Gasteiger partial charge in [0.25, 0.3) is 0 Å². The molecule has 0 saturated carbocycles. The second-order valence-electron chi connectivity index (χ2n) is 1.55. The van der Waals surface area contributed by atoms with Crippen molar-refractivity contribution in [3.8, 4) is 0 Å². The van der Waals surface area contributed by atoms with Crippen molar-refractivity contribution in [2.45, 2.75) is 0 Å². The van der Waals surface area contributed by atoms with Gasteiger partial charge in [-0.3, -0.25) is 0 Å². The Morgan fingerprint density at radius 3 is 2.00 bits per heavy atom. The largest absolute Gasteiger partial charge is 1.00 e. The molecule has 4 heteroatoms. The molecule has 0 aliphatic rings. The first-order chi connectivity index (χ1) is 4.30. The van der Waals surface area contributed by atoms with Crippen LogP contribution in [-0.2, 0) is 12.6 Å². The minimum atomic E-state index is 0. The zero-order chi connectivity index (χ0) is 6.69. The van der Waals surface area contributed by atoms with Crippen molar-refractivity contribution in [3.05, 3.63) is 30.6 Å². The van der Waals surface area contributed by atoms with E-state index in [9.17, 15) is 0 Å². The van der Waals surface area contributed by atoms with Gasteiger partial charge in [-0.2, -0.15) is 4.57 Å². The van der Waals surface area contributed by atoms with Gasteiger partial charge < -0.3 is 24.8 Å². The van der Waals surface area contributed by atoms with Crippen LogP contribution >= 0.6 is 12.2 Å². The molecule has 0 unspecified atom stereocenters. The van der Waals surface area contributed by atoms with E-state index in [-0.39, 0.29) is 51.4 Å². The van der Waals surface area contributed by atoms with Crippen LogP contribution in [0.3, 0.4) is 0 Å². The fourth-order valence-electron chi connectivity index (χ4n) is 0.520. The third-order valence-electron chi connectivity index (χ3n) is 0.926. The van der Waals surface area contributed by atoms with Gasteiger partial charge in [-0.1, -0.05) is 6.07 Å². The first-order valence-corrected chi connectivity index (χ1v) is 3.30. The quantitative estimate of drug-likeness (QED) is 0.197. The van der Waals surface area contributed by atoms with Crippen molar-refractivity contribution in [1.29, 1.82) is 0 Å². The van der Waals surface area contributed by atoms with Gasteiger partial charge in [-0.25, -0.2) is 0 Å². The van der Waals surface area contributed by atoms with Gasteiger partial charge in [0.1, 0.15) is 4.32 Å². The molecule has 0 fully saturated rings. The van der Waals surface area contributed by atoms with Crippen LogP contribution in [0.5, 0.6) is 0 Å². The van der Waals surface area contributed by atoms with Gasteiger partial charge in [-0.15, -0.1) is 0 Å². The van der Waals surface area contributed by atoms with Crippen molar-refractivity contribution in [1.82, 2.24) is 0 Å². The van der Waals surface area contributed by atoms with E-state index in [0.717, 1.165) is 0 Å². The Hall–Kier alpha value is 1.10. The summed E-state index contributed by atoms with van der Waals surface area (Å²) in [7, 11) is 0. The van der Waals surface area contributed by atoms with Crippen LogP contribution < -0.4 is 56.0 Å². The average Bonchev–Trinajstić information content (AvgIpc) is 1.90. The fourth-order valence-corrected chi connectivity index (χ4v) is 0.764. The smallest absolute Gasteiger partial charge is 0.358 e. The Morgan fingerprint density at radius 1 is 1.20 bits per heavy atom. The first kappa shape index (κ1) is 11.1. The Balaban J connectivity index is 0.000000810. The third kappa shape index (κ3) is 3.48. The van der Waals surface area contributed by atoms with Gasteiger partial charge >= 0.3 is 51.4 Å². The van der Waals surface area contributed by atoms with E-state index in [2.05, 4.69) is 0 Å². The minimum Gasteiger partial charge on any atom is -0.358 e. The maximum absolute atomic E-state index is 4.74. The molecule has 0 bridgehead atoms.